The molecule has 0 atom stereocenters. The second kappa shape index (κ2) is 5.06. The highest BCUT2D eigenvalue weighted by Crippen LogP contribution is 2.20. The summed E-state index contributed by atoms with van der Waals surface area (Å²) in [4.78, 5) is 17.9. The van der Waals surface area contributed by atoms with Gasteiger partial charge in [-0.3, -0.25) is 9.78 Å². The maximum Gasteiger partial charge on any atom is 0.248 e. The van der Waals surface area contributed by atoms with Crippen LogP contribution < -0.4 is 0 Å². The SMILES string of the molecule is CC(C)(C)c1ccc(CN2CCOCC2=O)cn1. The first kappa shape index (κ1) is 13.0. The van der Waals surface area contributed by atoms with Gasteiger partial charge in [0.05, 0.1) is 6.61 Å². The molecule has 4 heteroatoms. The van der Waals surface area contributed by atoms with Crippen molar-refractivity contribution in [3.8, 4) is 0 Å². The smallest absolute Gasteiger partial charge is 0.248 e. The number of morpholine rings is 1. The van der Waals surface area contributed by atoms with Gasteiger partial charge in [-0.2, -0.15) is 0 Å². The normalized spacial score (nSPS) is 17.1. The van der Waals surface area contributed by atoms with Crippen LogP contribution in [0.3, 0.4) is 0 Å². The maximum atomic E-state index is 11.6. The molecule has 0 unspecified atom stereocenters. The molecule has 2 rings (SSSR count). The molecule has 1 fully saturated rings. The van der Waals surface area contributed by atoms with Crippen LogP contribution in [-0.2, 0) is 21.5 Å². The predicted octanol–water partition coefficient (Wildman–Crippen LogP) is 1.74. The first-order valence-corrected chi connectivity index (χ1v) is 6.28. The first-order valence-electron chi connectivity index (χ1n) is 6.28. The topological polar surface area (TPSA) is 42.4 Å². The molecular formula is C14H20N2O2. The summed E-state index contributed by atoms with van der Waals surface area (Å²) in [6, 6.07) is 4.09. The van der Waals surface area contributed by atoms with Crippen LogP contribution in [0, 0.1) is 0 Å². The number of hydrogen-bond acceptors (Lipinski definition) is 3. The lowest BCUT2D eigenvalue weighted by atomic mass is 9.91. The molecule has 1 aromatic rings. The molecule has 1 amide bonds. The van der Waals surface area contributed by atoms with E-state index in [4.69, 9.17) is 4.74 Å². The number of amides is 1. The lowest BCUT2D eigenvalue weighted by molar-refractivity contribution is -0.143. The van der Waals surface area contributed by atoms with Gasteiger partial charge in [-0.05, 0) is 11.6 Å². The van der Waals surface area contributed by atoms with Crippen molar-refractivity contribution in [1.82, 2.24) is 9.88 Å². The molecule has 4 nitrogen and oxygen atoms in total. The monoisotopic (exact) mass is 248 g/mol. The van der Waals surface area contributed by atoms with Gasteiger partial charge in [0.2, 0.25) is 5.91 Å². The van der Waals surface area contributed by atoms with Crippen molar-refractivity contribution in [3.63, 3.8) is 0 Å². The fraction of sp³-hybridized carbons (Fsp3) is 0.571. The minimum Gasteiger partial charge on any atom is -0.370 e. The van der Waals surface area contributed by atoms with Crippen molar-refractivity contribution >= 4 is 5.91 Å². The number of rotatable bonds is 2. The first-order chi connectivity index (χ1) is 8.47. The summed E-state index contributed by atoms with van der Waals surface area (Å²) in [6.07, 6.45) is 1.86. The maximum absolute atomic E-state index is 11.6. The van der Waals surface area contributed by atoms with E-state index in [-0.39, 0.29) is 17.9 Å². The van der Waals surface area contributed by atoms with E-state index in [9.17, 15) is 4.79 Å². The van der Waals surface area contributed by atoms with Crippen LogP contribution in [-0.4, -0.2) is 35.5 Å². The quantitative estimate of drug-likeness (QED) is 0.800. The minimum atomic E-state index is 0.0566. The third kappa shape index (κ3) is 3.07. The fourth-order valence-electron chi connectivity index (χ4n) is 1.90. The molecule has 1 aromatic heterocycles. The van der Waals surface area contributed by atoms with E-state index in [0.717, 1.165) is 11.3 Å². The van der Waals surface area contributed by atoms with Crippen molar-refractivity contribution in [3.05, 3.63) is 29.6 Å². The van der Waals surface area contributed by atoms with Crippen molar-refractivity contribution in [1.29, 1.82) is 0 Å². The Bertz CT molecular complexity index is 420. The lowest BCUT2D eigenvalue weighted by Gasteiger charge is -2.27. The molecule has 98 valence electrons. The zero-order valence-electron chi connectivity index (χ0n) is 11.3. The Labute approximate surface area is 108 Å². The number of nitrogens with zero attached hydrogens (tertiary/aromatic N) is 2. The van der Waals surface area contributed by atoms with E-state index in [1.807, 2.05) is 17.2 Å². The molecule has 0 aliphatic carbocycles. The van der Waals surface area contributed by atoms with Crippen LogP contribution in [0.15, 0.2) is 18.3 Å². The van der Waals surface area contributed by atoms with Gasteiger partial charge in [0, 0.05) is 30.4 Å². The predicted molar refractivity (Wildman–Crippen MR) is 69.2 cm³/mol. The van der Waals surface area contributed by atoms with Gasteiger partial charge in [-0.15, -0.1) is 0 Å². The molecule has 0 spiro atoms. The molecule has 0 aromatic carbocycles. The van der Waals surface area contributed by atoms with Crippen LogP contribution in [0.25, 0.3) is 0 Å². The van der Waals surface area contributed by atoms with Gasteiger partial charge < -0.3 is 9.64 Å². The molecule has 18 heavy (non-hydrogen) atoms. The van der Waals surface area contributed by atoms with Gasteiger partial charge in [-0.1, -0.05) is 26.8 Å². The van der Waals surface area contributed by atoms with Crippen molar-refractivity contribution in [2.24, 2.45) is 0 Å². The van der Waals surface area contributed by atoms with Gasteiger partial charge in [0.1, 0.15) is 6.61 Å². The van der Waals surface area contributed by atoms with Crippen molar-refractivity contribution in [2.45, 2.75) is 32.7 Å². The second-order valence-corrected chi connectivity index (χ2v) is 5.67. The Morgan fingerprint density at radius 3 is 2.72 bits per heavy atom. The Kier molecular flexibility index (Phi) is 3.66. The highest BCUT2D eigenvalue weighted by Gasteiger charge is 2.19. The largest absolute Gasteiger partial charge is 0.370 e. The molecule has 1 aliphatic rings. The van der Waals surface area contributed by atoms with Gasteiger partial charge >= 0.3 is 0 Å². The van der Waals surface area contributed by atoms with Crippen LogP contribution in [0.4, 0.5) is 0 Å². The van der Waals surface area contributed by atoms with Crippen LogP contribution >= 0.6 is 0 Å². The van der Waals surface area contributed by atoms with Crippen molar-refractivity contribution < 1.29 is 9.53 Å². The molecular weight excluding hydrogens is 228 g/mol. The molecule has 1 aliphatic heterocycles. The molecule has 0 bridgehead atoms. The van der Waals surface area contributed by atoms with Crippen LogP contribution in [0.5, 0.6) is 0 Å². The fourth-order valence-corrected chi connectivity index (χ4v) is 1.90. The number of ether oxygens (including phenoxy) is 1. The zero-order valence-corrected chi connectivity index (χ0v) is 11.3. The summed E-state index contributed by atoms with van der Waals surface area (Å²) in [5.41, 5.74) is 2.20. The minimum absolute atomic E-state index is 0.0566. The third-order valence-electron chi connectivity index (χ3n) is 3.05. The third-order valence-corrected chi connectivity index (χ3v) is 3.05. The molecule has 0 radical (unpaired) electrons. The van der Waals surface area contributed by atoms with Crippen molar-refractivity contribution in [2.75, 3.05) is 19.8 Å². The summed E-state index contributed by atoms with van der Waals surface area (Å²) in [5, 5.41) is 0. The van der Waals surface area contributed by atoms with E-state index in [2.05, 4.69) is 31.8 Å². The van der Waals surface area contributed by atoms with Gasteiger partial charge in [0.25, 0.3) is 0 Å². The Morgan fingerprint density at radius 2 is 2.17 bits per heavy atom. The summed E-state index contributed by atoms with van der Waals surface area (Å²) in [7, 11) is 0. The zero-order chi connectivity index (χ0) is 13.2. The van der Waals surface area contributed by atoms with E-state index in [0.29, 0.717) is 19.7 Å². The summed E-state index contributed by atoms with van der Waals surface area (Å²) in [5.74, 6) is 0.0566. The van der Waals surface area contributed by atoms with E-state index < -0.39 is 0 Å². The number of carbonyl (C=O) groups is 1. The summed E-state index contributed by atoms with van der Waals surface area (Å²) < 4.78 is 5.11. The van der Waals surface area contributed by atoms with Crippen LogP contribution in [0.1, 0.15) is 32.0 Å². The average molecular weight is 248 g/mol. The van der Waals surface area contributed by atoms with Gasteiger partial charge in [0.15, 0.2) is 0 Å². The number of aromatic nitrogens is 1. The highest BCUT2D eigenvalue weighted by molar-refractivity contribution is 5.77. The summed E-state index contributed by atoms with van der Waals surface area (Å²) >= 11 is 0. The molecule has 1 saturated heterocycles. The van der Waals surface area contributed by atoms with E-state index in [1.54, 1.807) is 0 Å². The second-order valence-electron chi connectivity index (χ2n) is 5.67. The molecule has 2 heterocycles. The Morgan fingerprint density at radius 1 is 1.39 bits per heavy atom. The van der Waals surface area contributed by atoms with Gasteiger partial charge in [-0.25, -0.2) is 0 Å². The Balaban J connectivity index is 2.04. The molecule has 0 N–H and O–H groups in total. The average Bonchev–Trinajstić information content (AvgIpc) is 2.32. The highest BCUT2D eigenvalue weighted by atomic mass is 16.5. The number of pyridine rings is 1. The standard InChI is InChI=1S/C14H20N2O2/c1-14(2,3)12-5-4-11(8-15-12)9-16-6-7-18-10-13(16)17/h4-5,8H,6-7,9-10H2,1-3H3. The lowest BCUT2D eigenvalue weighted by Crippen LogP contribution is -2.40. The number of hydrogen-bond donors (Lipinski definition) is 0. The molecule has 0 saturated carbocycles. The Hall–Kier alpha value is -1.42. The van der Waals surface area contributed by atoms with E-state index >= 15 is 0 Å². The van der Waals surface area contributed by atoms with E-state index in [1.165, 1.54) is 0 Å². The number of carbonyl (C=O) groups excluding carboxylic acids is 1. The summed E-state index contributed by atoms with van der Waals surface area (Å²) in [6.45, 7) is 8.54. The van der Waals surface area contributed by atoms with Crippen LogP contribution in [0.2, 0.25) is 0 Å².